The van der Waals surface area contributed by atoms with E-state index < -0.39 is 0 Å². The summed E-state index contributed by atoms with van der Waals surface area (Å²) in [4.78, 5) is 0. The SMILES string of the molecule is Cc1cc(F)ccc1C(N)c1ccc(Cl)cc1. The molecule has 2 aromatic carbocycles. The fourth-order valence-corrected chi connectivity index (χ4v) is 1.96. The first-order chi connectivity index (χ1) is 8.08. The van der Waals surface area contributed by atoms with Crippen LogP contribution in [0.15, 0.2) is 42.5 Å². The Hall–Kier alpha value is -1.38. The van der Waals surface area contributed by atoms with E-state index in [0.29, 0.717) is 5.02 Å². The van der Waals surface area contributed by atoms with E-state index in [2.05, 4.69) is 0 Å². The average Bonchev–Trinajstić information content (AvgIpc) is 2.29. The summed E-state index contributed by atoms with van der Waals surface area (Å²) in [5.74, 6) is -0.241. The van der Waals surface area contributed by atoms with Crippen LogP contribution < -0.4 is 5.73 Å². The summed E-state index contributed by atoms with van der Waals surface area (Å²) in [5.41, 5.74) is 8.89. The zero-order valence-corrected chi connectivity index (χ0v) is 10.2. The predicted octanol–water partition coefficient (Wildman–Crippen LogP) is 3.84. The summed E-state index contributed by atoms with van der Waals surface area (Å²) in [7, 11) is 0. The minimum absolute atomic E-state index is 0.241. The summed E-state index contributed by atoms with van der Waals surface area (Å²) >= 11 is 5.82. The molecule has 1 unspecified atom stereocenters. The monoisotopic (exact) mass is 249 g/mol. The maximum Gasteiger partial charge on any atom is 0.123 e. The summed E-state index contributed by atoms with van der Waals surface area (Å²) in [6.45, 7) is 1.86. The van der Waals surface area contributed by atoms with Crippen molar-refractivity contribution in [3.05, 3.63) is 70.0 Å². The molecular weight excluding hydrogens is 237 g/mol. The molecule has 2 N–H and O–H groups in total. The highest BCUT2D eigenvalue weighted by atomic mass is 35.5. The zero-order chi connectivity index (χ0) is 12.4. The molecule has 0 heterocycles. The van der Waals surface area contributed by atoms with Crippen LogP contribution in [0.3, 0.4) is 0 Å². The molecule has 0 aliphatic carbocycles. The van der Waals surface area contributed by atoms with E-state index in [9.17, 15) is 4.39 Å². The molecular formula is C14H13ClFN. The smallest absolute Gasteiger partial charge is 0.123 e. The van der Waals surface area contributed by atoms with Gasteiger partial charge in [0.05, 0.1) is 6.04 Å². The fourth-order valence-electron chi connectivity index (χ4n) is 1.84. The van der Waals surface area contributed by atoms with Crippen molar-refractivity contribution in [2.24, 2.45) is 5.73 Å². The summed E-state index contributed by atoms with van der Waals surface area (Å²) in [6, 6.07) is 11.8. The van der Waals surface area contributed by atoms with Gasteiger partial charge in [0.2, 0.25) is 0 Å². The molecule has 0 saturated carbocycles. The van der Waals surface area contributed by atoms with Gasteiger partial charge in [-0.3, -0.25) is 0 Å². The highest BCUT2D eigenvalue weighted by Crippen LogP contribution is 2.24. The standard InChI is InChI=1S/C14H13ClFN/c1-9-8-12(16)6-7-13(9)14(17)10-2-4-11(15)5-3-10/h2-8,14H,17H2,1H3. The number of nitrogens with two attached hydrogens (primary N) is 1. The number of benzene rings is 2. The Morgan fingerprint density at radius 2 is 1.76 bits per heavy atom. The third-order valence-corrected chi connectivity index (χ3v) is 3.05. The summed E-state index contributed by atoms with van der Waals surface area (Å²) in [5, 5.41) is 0.678. The van der Waals surface area contributed by atoms with E-state index >= 15 is 0 Å². The van der Waals surface area contributed by atoms with Gasteiger partial charge in [-0.15, -0.1) is 0 Å². The molecule has 0 bridgehead atoms. The van der Waals surface area contributed by atoms with Crippen LogP contribution in [0.4, 0.5) is 4.39 Å². The molecule has 2 rings (SSSR count). The van der Waals surface area contributed by atoms with E-state index in [0.717, 1.165) is 16.7 Å². The van der Waals surface area contributed by atoms with Crippen LogP contribution in [0.5, 0.6) is 0 Å². The van der Waals surface area contributed by atoms with Crippen molar-refractivity contribution in [2.75, 3.05) is 0 Å². The van der Waals surface area contributed by atoms with Crippen LogP contribution in [0.25, 0.3) is 0 Å². The lowest BCUT2D eigenvalue weighted by Gasteiger charge is -2.15. The molecule has 0 aliphatic heterocycles. The first kappa shape index (κ1) is 12.1. The summed E-state index contributed by atoms with van der Waals surface area (Å²) in [6.07, 6.45) is 0. The van der Waals surface area contributed by atoms with Gasteiger partial charge in [-0.1, -0.05) is 29.8 Å². The third kappa shape index (κ3) is 2.65. The van der Waals surface area contributed by atoms with Gasteiger partial charge in [-0.05, 0) is 47.9 Å². The molecule has 0 radical (unpaired) electrons. The highest BCUT2D eigenvalue weighted by molar-refractivity contribution is 6.30. The Morgan fingerprint density at radius 1 is 1.12 bits per heavy atom. The quantitative estimate of drug-likeness (QED) is 0.860. The Bertz CT molecular complexity index is 522. The maximum absolute atomic E-state index is 13.0. The lowest BCUT2D eigenvalue weighted by Crippen LogP contribution is -2.13. The van der Waals surface area contributed by atoms with Gasteiger partial charge in [0.1, 0.15) is 5.82 Å². The van der Waals surface area contributed by atoms with Crippen molar-refractivity contribution in [3.63, 3.8) is 0 Å². The normalized spacial score (nSPS) is 12.5. The van der Waals surface area contributed by atoms with Crippen molar-refractivity contribution in [1.82, 2.24) is 0 Å². The second-order valence-corrected chi connectivity index (χ2v) is 4.47. The topological polar surface area (TPSA) is 26.0 Å². The molecule has 0 spiro atoms. The largest absolute Gasteiger partial charge is 0.320 e. The molecule has 3 heteroatoms. The second kappa shape index (κ2) is 4.86. The van der Waals surface area contributed by atoms with E-state index in [-0.39, 0.29) is 11.9 Å². The summed E-state index contributed by atoms with van der Waals surface area (Å²) < 4.78 is 13.0. The van der Waals surface area contributed by atoms with Crippen LogP contribution in [0.1, 0.15) is 22.7 Å². The molecule has 0 aliphatic rings. The van der Waals surface area contributed by atoms with Crippen LogP contribution in [-0.4, -0.2) is 0 Å². The maximum atomic E-state index is 13.0. The molecule has 17 heavy (non-hydrogen) atoms. The Kier molecular flexibility index (Phi) is 3.46. The van der Waals surface area contributed by atoms with E-state index in [4.69, 9.17) is 17.3 Å². The lowest BCUT2D eigenvalue weighted by atomic mass is 9.96. The number of hydrogen-bond acceptors (Lipinski definition) is 1. The van der Waals surface area contributed by atoms with E-state index in [1.165, 1.54) is 12.1 Å². The lowest BCUT2D eigenvalue weighted by molar-refractivity contribution is 0.624. The first-order valence-corrected chi connectivity index (χ1v) is 5.73. The van der Waals surface area contributed by atoms with E-state index in [1.54, 1.807) is 18.2 Å². The third-order valence-electron chi connectivity index (χ3n) is 2.80. The molecule has 0 saturated heterocycles. The number of hydrogen-bond donors (Lipinski definition) is 1. The second-order valence-electron chi connectivity index (χ2n) is 4.03. The zero-order valence-electron chi connectivity index (χ0n) is 9.45. The van der Waals surface area contributed by atoms with Crippen LogP contribution >= 0.6 is 11.6 Å². The van der Waals surface area contributed by atoms with Crippen LogP contribution in [-0.2, 0) is 0 Å². The van der Waals surface area contributed by atoms with Gasteiger partial charge in [0, 0.05) is 5.02 Å². The van der Waals surface area contributed by atoms with Gasteiger partial charge < -0.3 is 5.73 Å². The minimum Gasteiger partial charge on any atom is -0.320 e. The van der Waals surface area contributed by atoms with Crippen LogP contribution in [0, 0.1) is 12.7 Å². The predicted molar refractivity (Wildman–Crippen MR) is 68.6 cm³/mol. The average molecular weight is 250 g/mol. The van der Waals surface area contributed by atoms with Crippen molar-refractivity contribution in [1.29, 1.82) is 0 Å². The molecule has 0 amide bonds. The molecule has 2 aromatic rings. The van der Waals surface area contributed by atoms with Crippen molar-refractivity contribution < 1.29 is 4.39 Å². The minimum atomic E-state index is -0.257. The van der Waals surface area contributed by atoms with Gasteiger partial charge in [0.15, 0.2) is 0 Å². The number of halogens is 2. The first-order valence-electron chi connectivity index (χ1n) is 5.35. The Morgan fingerprint density at radius 3 is 2.35 bits per heavy atom. The Balaban J connectivity index is 2.36. The Labute approximate surface area is 105 Å². The van der Waals surface area contributed by atoms with Crippen LogP contribution in [0.2, 0.25) is 5.02 Å². The van der Waals surface area contributed by atoms with Crippen molar-refractivity contribution in [2.45, 2.75) is 13.0 Å². The van der Waals surface area contributed by atoms with Gasteiger partial charge in [-0.2, -0.15) is 0 Å². The molecule has 1 nitrogen and oxygen atoms in total. The molecule has 88 valence electrons. The fraction of sp³-hybridized carbons (Fsp3) is 0.143. The van der Waals surface area contributed by atoms with Crippen molar-refractivity contribution in [3.8, 4) is 0 Å². The van der Waals surface area contributed by atoms with Crippen molar-refractivity contribution >= 4 is 11.6 Å². The molecule has 0 fully saturated rings. The van der Waals surface area contributed by atoms with Gasteiger partial charge in [-0.25, -0.2) is 4.39 Å². The highest BCUT2D eigenvalue weighted by Gasteiger charge is 2.11. The van der Waals surface area contributed by atoms with Gasteiger partial charge >= 0.3 is 0 Å². The molecule has 1 atom stereocenters. The molecule has 0 aromatic heterocycles. The van der Waals surface area contributed by atoms with E-state index in [1.807, 2.05) is 19.1 Å². The number of aryl methyl sites for hydroxylation is 1. The number of rotatable bonds is 2. The van der Waals surface area contributed by atoms with Gasteiger partial charge in [0.25, 0.3) is 0 Å².